The van der Waals surface area contributed by atoms with Crippen LogP contribution in [0.15, 0.2) is 36.5 Å². The number of rotatable bonds is 3. The highest BCUT2D eigenvalue weighted by atomic mass is 19.4. The van der Waals surface area contributed by atoms with Gasteiger partial charge in [-0.2, -0.15) is 13.2 Å². The van der Waals surface area contributed by atoms with Crippen LogP contribution in [0.2, 0.25) is 0 Å². The van der Waals surface area contributed by atoms with Crippen molar-refractivity contribution in [1.29, 1.82) is 0 Å². The molecular weight excluding hydrogens is 274 g/mol. The standard InChI is InChI=1S/C14H11F4NO/c1-9-6-11(14(16,17)18)7-19-13(9)20-8-10-2-4-12(15)5-3-10/h2-7H,8H2,1H3. The van der Waals surface area contributed by atoms with Gasteiger partial charge in [-0.05, 0) is 30.7 Å². The van der Waals surface area contributed by atoms with Crippen molar-refractivity contribution in [3.63, 3.8) is 0 Å². The minimum atomic E-state index is -4.42. The maximum Gasteiger partial charge on any atom is 0.417 e. The summed E-state index contributed by atoms with van der Waals surface area (Å²) in [6.45, 7) is 1.60. The fourth-order valence-corrected chi connectivity index (χ4v) is 1.60. The maximum absolute atomic E-state index is 12.7. The molecule has 0 N–H and O–H groups in total. The molecule has 2 nitrogen and oxygen atoms in total. The Morgan fingerprint density at radius 2 is 1.80 bits per heavy atom. The van der Waals surface area contributed by atoms with Crippen LogP contribution in [0.1, 0.15) is 16.7 Å². The van der Waals surface area contributed by atoms with Crippen molar-refractivity contribution in [3.8, 4) is 5.88 Å². The van der Waals surface area contributed by atoms with Gasteiger partial charge in [-0.25, -0.2) is 9.37 Å². The predicted molar refractivity (Wildman–Crippen MR) is 64.7 cm³/mol. The van der Waals surface area contributed by atoms with Gasteiger partial charge in [0, 0.05) is 11.8 Å². The highest BCUT2D eigenvalue weighted by Crippen LogP contribution is 2.31. The minimum Gasteiger partial charge on any atom is -0.473 e. The van der Waals surface area contributed by atoms with Gasteiger partial charge in [0.15, 0.2) is 0 Å². The summed E-state index contributed by atoms with van der Waals surface area (Å²) in [6, 6.07) is 6.62. The van der Waals surface area contributed by atoms with Crippen LogP contribution in [0.3, 0.4) is 0 Å². The first-order valence-corrected chi connectivity index (χ1v) is 5.77. The summed E-state index contributed by atoms with van der Waals surface area (Å²) in [6.07, 6.45) is -3.69. The van der Waals surface area contributed by atoms with Crippen molar-refractivity contribution < 1.29 is 22.3 Å². The van der Waals surface area contributed by atoms with Crippen LogP contribution in [-0.2, 0) is 12.8 Å². The molecule has 0 amide bonds. The zero-order valence-corrected chi connectivity index (χ0v) is 10.5. The minimum absolute atomic E-state index is 0.111. The number of aryl methyl sites for hydroxylation is 1. The Morgan fingerprint density at radius 3 is 2.35 bits per heavy atom. The molecule has 6 heteroatoms. The highest BCUT2D eigenvalue weighted by Gasteiger charge is 2.31. The number of ether oxygens (including phenoxy) is 1. The van der Waals surface area contributed by atoms with E-state index in [1.165, 1.54) is 31.2 Å². The summed E-state index contributed by atoms with van der Waals surface area (Å²) < 4.78 is 55.5. The Hall–Kier alpha value is -2.11. The molecular formula is C14H11F4NO. The molecule has 1 heterocycles. The van der Waals surface area contributed by atoms with Gasteiger partial charge in [-0.1, -0.05) is 12.1 Å². The van der Waals surface area contributed by atoms with E-state index in [0.717, 1.165) is 12.3 Å². The quantitative estimate of drug-likeness (QED) is 0.791. The first kappa shape index (κ1) is 14.3. The summed E-state index contributed by atoms with van der Waals surface area (Å²) in [5, 5.41) is 0. The maximum atomic E-state index is 12.7. The third kappa shape index (κ3) is 3.46. The SMILES string of the molecule is Cc1cc(C(F)(F)F)cnc1OCc1ccc(F)cc1. The summed E-state index contributed by atoms with van der Waals surface area (Å²) in [5.41, 5.74) is 0.179. The fraction of sp³-hybridized carbons (Fsp3) is 0.214. The highest BCUT2D eigenvalue weighted by molar-refractivity contribution is 5.30. The van der Waals surface area contributed by atoms with E-state index in [4.69, 9.17) is 4.74 Å². The number of benzene rings is 1. The van der Waals surface area contributed by atoms with E-state index in [0.29, 0.717) is 11.1 Å². The van der Waals surface area contributed by atoms with Gasteiger partial charge in [0.1, 0.15) is 12.4 Å². The average Bonchev–Trinajstić information content (AvgIpc) is 2.38. The van der Waals surface area contributed by atoms with Crippen molar-refractivity contribution in [1.82, 2.24) is 4.98 Å². The average molecular weight is 285 g/mol. The summed E-state index contributed by atoms with van der Waals surface area (Å²) in [7, 11) is 0. The molecule has 0 bridgehead atoms. The number of hydrogen-bond donors (Lipinski definition) is 0. The van der Waals surface area contributed by atoms with E-state index in [1.54, 1.807) is 0 Å². The van der Waals surface area contributed by atoms with E-state index in [-0.39, 0.29) is 18.3 Å². The molecule has 0 saturated heterocycles. The van der Waals surface area contributed by atoms with Gasteiger partial charge in [0.05, 0.1) is 5.56 Å². The number of nitrogens with zero attached hydrogens (tertiary/aromatic N) is 1. The molecule has 0 saturated carbocycles. The molecule has 2 aromatic rings. The van der Waals surface area contributed by atoms with Crippen LogP contribution in [0.4, 0.5) is 17.6 Å². The second-order valence-electron chi connectivity index (χ2n) is 4.26. The van der Waals surface area contributed by atoms with Crippen LogP contribution < -0.4 is 4.74 Å². The van der Waals surface area contributed by atoms with Gasteiger partial charge in [0.2, 0.25) is 5.88 Å². The normalized spacial score (nSPS) is 11.4. The molecule has 0 aliphatic carbocycles. The lowest BCUT2D eigenvalue weighted by atomic mass is 10.2. The van der Waals surface area contributed by atoms with Gasteiger partial charge in [-0.3, -0.25) is 0 Å². The lowest BCUT2D eigenvalue weighted by Crippen LogP contribution is -2.07. The fourth-order valence-electron chi connectivity index (χ4n) is 1.60. The summed E-state index contributed by atoms with van der Waals surface area (Å²) in [5.74, 6) is -0.236. The molecule has 0 atom stereocenters. The van der Waals surface area contributed by atoms with Crippen LogP contribution in [0, 0.1) is 12.7 Å². The van der Waals surface area contributed by atoms with Crippen LogP contribution in [-0.4, -0.2) is 4.98 Å². The zero-order valence-electron chi connectivity index (χ0n) is 10.5. The molecule has 0 aliphatic rings. The van der Waals surface area contributed by atoms with Crippen LogP contribution in [0.5, 0.6) is 5.88 Å². The van der Waals surface area contributed by atoms with Crippen molar-refractivity contribution in [2.75, 3.05) is 0 Å². The summed E-state index contributed by atoms with van der Waals surface area (Å²) >= 11 is 0. The van der Waals surface area contributed by atoms with Gasteiger partial charge in [0.25, 0.3) is 0 Å². The Bertz CT molecular complexity index is 593. The molecule has 2 rings (SSSR count). The number of halogens is 4. The van der Waals surface area contributed by atoms with Gasteiger partial charge < -0.3 is 4.74 Å². The van der Waals surface area contributed by atoms with E-state index in [1.807, 2.05) is 0 Å². The van der Waals surface area contributed by atoms with E-state index in [9.17, 15) is 17.6 Å². The third-order valence-electron chi connectivity index (χ3n) is 2.65. The second kappa shape index (κ2) is 5.48. The lowest BCUT2D eigenvalue weighted by Gasteiger charge is -2.11. The monoisotopic (exact) mass is 285 g/mol. The number of aromatic nitrogens is 1. The van der Waals surface area contributed by atoms with Crippen LogP contribution in [0.25, 0.3) is 0 Å². The van der Waals surface area contributed by atoms with Crippen molar-refractivity contribution in [2.45, 2.75) is 19.7 Å². The van der Waals surface area contributed by atoms with E-state index >= 15 is 0 Å². The Labute approximate surface area is 113 Å². The Kier molecular flexibility index (Phi) is 3.92. The molecule has 0 aliphatic heterocycles. The van der Waals surface area contributed by atoms with Gasteiger partial charge in [-0.15, -0.1) is 0 Å². The molecule has 106 valence electrons. The van der Waals surface area contributed by atoms with Crippen molar-refractivity contribution in [3.05, 3.63) is 59.0 Å². The largest absolute Gasteiger partial charge is 0.473 e. The summed E-state index contributed by atoms with van der Waals surface area (Å²) in [4.78, 5) is 3.66. The smallest absolute Gasteiger partial charge is 0.417 e. The first-order valence-electron chi connectivity index (χ1n) is 5.77. The molecule has 0 fully saturated rings. The Morgan fingerprint density at radius 1 is 1.15 bits per heavy atom. The topological polar surface area (TPSA) is 22.1 Å². The Balaban J connectivity index is 2.08. The molecule has 0 unspecified atom stereocenters. The van der Waals surface area contributed by atoms with Crippen molar-refractivity contribution >= 4 is 0 Å². The molecule has 1 aromatic carbocycles. The number of pyridine rings is 1. The van der Waals surface area contributed by atoms with E-state index < -0.39 is 11.7 Å². The van der Waals surface area contributed by atoms with Gasteiger partial charge >= 0.3 is 6.18 Å². The van der Waals surface area contributed by atoms with Crippen LogP contribution >= 0.6 is 0 Å². The second-order valence-corrected chi connectivity index (χ2v) is 4.26. The third-order valence-corrected chi connectivity index (χ3v) is 2.65. The molecule has 20 heavy (non-hydrogen) atoms. The predicted octanol–water partition coefficient (Wildman–Crippen LogP) is 4.13. The first-order chi connectivity index (χ1) is 9.36. The lowest BCUT2D eigenvalue weighted by molar-refractivity contribution is -0.137. The molecule has 1 aromatic heterocycles. The number of hydrogen-bond acceptors (Lipinski definition) is 2. The van der Waals surface area contributed by atoms with Crippen molar-refractivity contribution in [2.24, 2.45) is 0 Å². The van der Waals surface area contributed by atoms with E-state index in [2.05, 4.69) is 4.98 Å². The molecule has 0 radical (unpaired) electrons. The zero-order chi connectivity index (χ0) is 14.8. The number of alkyl halides is 3. The molecule has 0 spiro atoms.